The molecule has 0 atom stereocenters. The van der Waals surface area contributed by atoms with Crippen molar-refractivity contribution in [1.29, 1.82) is 0 Å². The molecule has 0 saturated heterocycles. The molecule has 0 heterocycles. The van der Waals surface area contributed by atoms with Crippen LogP contribution in [0.15, 0.2) is 140 Å². The van der Waals surface area contributed by atoms with Crippen LogP contribution in [0.2, 0.25) is 0 Å². The second-order valence-electron chi connectivity index (χ2n) is 9.27. The predicted octanol–water partition coefficient (Wildman–Crippen LogP) is 11.6. The van der Waals surface area contributed by atoms with E-state index in [1.807, 2.05) is 33.8 Å². The standard InChI is InChI=1S/C18H17N.C17H15N.2C2H6/c1-14-8-3-6-12-17(14)19(2)18-13-7-10-15-9-4-5-11-16(15)18;1-18(16-9-3-2-4-10-16)17-12-11-14-7-5-6-8-15(14)13-17;2*1-2/h3-13H,1-2H3;2-13H,1H3;2*1-2H3. The normalized spacial score (nSPS) is 9.83. The molecule has 6 aromatic rings. The van der Waals surface area contributed by atoms with Gasteiger partial charge in [-0.05, 0) is 65.0 Å². The third-order valence-corrected chi connectivity index (χ3v) is 6.87. The van der Waals surface area contributed by atoms with Crippen LogP contribution in [0.25, 0.3) is 21.5 Å². The van der Waals surface area contributed by atoms with Crippen molar-refractivity contribution in [2.45, 2.75) is 34.6 Å². The molecule has 0 fully saturated rings. The Morgan fingerprint density at radius 1 is 0.390 bits per heavy atom. The summed E-state index contributed by atoms with van der Waals surface area (Å²) < 4.78 is 0. The molecule has 0 radical (unpaired) electrons. The van der Waals surface area contributed by atoms with Gasteiger partial charge in [-0.2, -0.15) is 0 Å². The number of fused-ring (bicyclic) bond motifs is 2. The average Bonchev–Trinajstić information content (AvgIpc) is 3.06. The fourth-order valence-corrected chi connectivity index (χ4v) is 4.76. The maximum Gasteiger partial charge on any atom is 0.0487 e. The van der Waals surface area contributed by atoms with E-state index in [-0.39, 0.29) is 0 Å². The van der Waals surface area contributed by atoms with Crippen LogP contribution in [-0.2, 0) is 0 Å². The van der Waals surface area contributed by atoms with E-state index in [9.17, 15) is 0 Å². The maximum absolute atomic E-state index is 2.26. The Bertz CT molecular complexity index is 1620. The minimum Gasteiger partial charge on any atom is -0.345 e. The highest BCUT2D eigenvalue weighted by molar-refractivity contribution is 5.96. The summed E-state index contributed by atoms with van der Waals surface area (Å²) >= 11 is 0. The number of aryl methyl sites for hydroxylation is 1. The quantitative estimate of drug-likeness (QED) is 0.219. The van der Waals surface area contributed by atoms with Crippen LogP contribution in [-0.4, -0.2) is 14.1 Å². The molecule has 0 aromatic heterocycles. The van der Waals surface area contributed by atoms with E-state index in [2.05, 4.69) is 164 Å². The van der Waals surface area contributed by atoms with Gasteiger partial charge in [-0.25, -0.2) is 0 Å². The van der Waals surface area contributed by atoms with Crippen molar-refractivity contribution in [3.63, 3.8) is 0 Å². The van der Waals surface area contributed by atoms with Crippen LogP contribution in [0.4, 0.5) is 22.7 Å². The van der Waals surface area contributed by atoms with Gasteiger partial charge in [-0.1, -0.05) is 131 Å². The molecule has 0 saturated carbocycles. The van der Waals surface area contributed by atoms with Crippen LogP contribution < -0.4 is 9.80 Å². The molecule has 0 unspecified atom stereocenters. The Morgan fingerprint density at radius 3 is 1.63 bits per heavy atom. The molecule has 0 amide bonds. The summed E-state index contributed by atoms with van der Waals surface area (Å²) in [5.74, 6) is 0. The van der Waals surface area contributed by atoms with Gasteiger partial charge < -0.3 is 9.80 Å². The highest BCUT2D eigenvalue weighted by atomic mass is 15.1. The Hall–Kier alpha value is -4.56. The third-order valence-electron chi connectivity index (χ3n) is 6.87. The smallest absolute Gasteiger partial charge is 0.0487 e. The minimum atomic E-state index is 1.20. The minimum absolute atomic E-state index is 1.20. The molecule has 41 heavy (non-hydrogen) atoms. The number of anilines is 4. The molecule has 2 heteroatoms. The van der Waals surface area contributed by atoms with Gasteiger partial charge >= 0.3 is 0 Å². The Balaban J connectivity index is 0.000000202. The van der Waals surface area contributed by atoms with Gasteiger partial charge in [-0.3, -0.25) is 0 Å². The fourth-order valence-electron chi connectivity index (χ4n) is 4.76. The molecule has 6 aromatic carbocycles. The summed E-state index contributed by atoms with van der Waals surface area (Å²) in [5.41, 5.74) is 6.19. The average molecular weight is 541 g/mol. The van der Waals surface area contributed by atoms with Crippen LogP contribution in [0.1, 0.15) is 33.3 Å². The van der Waals surface area contributed by atoms with Crippen molar-refractivity contribution >= 4 is 44.3 Å². The predicted molar refractivity (Wildman–Crippen MR) is 184 cm³/mol. The summed E-state index contributed by atoms with van der Waals surface area (Å²) in [7, 11) is 4.23. The lowest BCUT2D eigenvalue weighted by molar-refractivity contribution is 1.20. The number of para-hydroxylation sites is 2. The Labute approximate surface area is 247 Å². The molecule has 0 N–H and O–H groups in total. The van der Waals surface area contributed by atoms with Crippen molar-refractivity contribution in [2.75, 3.05) is 23.9 Å². The first-order valence-corrected chi connectivity index (χ1v) is 14.7. The zero-order valence-electron chi connectivity index (χ0n) is 25.7. The monoisotopic (exact) mass is 540 g/mol. The van der Waals surface area contributed by atoms with Crippen molar-refractivity contribution in [1.82, 2.24) is 0 Å². The molecule has 0 spiro atoms. The topological polar surface area (TPSA) is 6.48 Å². The van der Waals surface area contributed by atoms with E-state index in [4.69, 9.17) is 0 Å². The maximum atomic E-state index is 2.26. The second-order valence-corrected chi connectivity index (χ2v) is 9.27. The molecule has 0 aliphatic carbocycles. The van der Waals surface area contributed by atoms with Gasteiger partial charge in [0.15, 0.2) is 0 Å². The lowest BCUT2D eigenvalue weighted by Gasteiger charge is -2.23. The first kappa shape index (κ1) is 31.0. The number of hydrogen-bond donors (Lipinski definition) is 0. The van der Waals surface area contributed by atoms with Gasteiger partial charge in [-0.15, -0.1) is 0 Å². The first-order chi connectivity index (χ1) is 20.1. The number of hydrogen-bond acceptors (Lipinski definition) is 2. The van der Waals surface area contributed by atoms with Gasteiger partial charge in [0.1, 0.15) is 0 Å². The van der Waals surface area contributed by atoms with Crippen molar-refractivity contribution in [3.8, 4) is 0 Å². The zero-order valence-corrected chi connectivity index (χ0v) is 25.7. The van der Waals surface area contributed by atoms with Crippen LogP contribution in [0.5, 0.6) is 0 Å². The Kier molecular flexibility index (Phi) is 12.0. The van der Waals surface area contributed by atoms with E-state index >= 15 is 0 Å². The molecule has 0 aliphatic rings. The fraction of sp³-hybridized carbons (Fsp3) is 0.179. The van der Waals surface area contributed by atoms with E-state index in [1.165, 1.54) is 49.9 Å². The van der Waals surface area contributed by atoms with E-state index in [0.29, 0.717) is 0 Å². The number of benzene rings is 6. The van der Waals surface area contributed by atoms with Crippen LogP contribution in [0.3, 0.4) is 0 Å². The summed E-state index contributed by atoms with van der Waals surface area (Å²) in [6, 6.07) is 48.8. The largest absolute Gasteiger partial charge is 0.345 e. The highest BCUT2D eigenvalue weighted by Crippen LogP contribution is 2.32. The number of nitrogens with zero attached hydrogens (tertiary/aromatic N) is 2. The summed E-state index contributed by atoms with van der Waals surface area (Å²) in [6.07, 6.45) is 0. The van der Waals surface area contributed by atoms with Crippen LogP contribution >= 0.6 is 0 Å². The summed E-state index contributed by atoms with van der Waals surface area (Å²) in [5, 5.41) is 5.12. The molecule has 210 valence electrons. The summed E-state index contributed by atoms with van der Waals surface area (Å²) in [4.78, 5) is 4.46. The van der Waals surface area contributed by atoms with Gasteiger partial charge in [0.25, 0.3) is 0 Å². The first-order valence-electron chi connectivity index (χ1n) is 14.7. The summed E-state index contributed by atoms with van der Waals surface area (Å²) in [6.45, 7) is 10.1. The molecule has 2 nitrogen and oxygen atoms in total. The van der Waals surface area contributed by atoms with Crippen LogP contribution in [0, 0.1) is 6.92 Å². The van der Waals surface area contributed by atoms with Crippen molar-refractivity contribution < 1.29 is 0 Å². The van der Waals surface area contributed by atoms with Crippen molar-refractivity contribution in [3.05, 3.63) is 145 Å². The second kappa shape index (κ2) is 15.9. The highest BCUT2D eigenvalue weighted by Gasteiger charge is 2.09. The van der Waals surface area contributed by atoms with E-state index < -0.39 is 0 Å². The van der Waals surface area contributed by atoms with Gasteiger partial charge in [0.2, 0.25) is 0 Å². The lowest BCUT2D eigenvalue weighted by Crippen LogP contribution is -2.11. The molecule has 6 rings (SSSR count). The van der Waals surface area contributed by atoms with E-state index in [1.54, 1.807) is 0 Å². The zero-order chi connectivity index (χ0) is 29.6. The Morgan fingerprint density at radius 2 is 0.927 bits per heavy atom. The SMILES string of the molecule is CC.CC.CN(c1ccccc1)c1ccc2ccccc2c1.Cc1ccccc1N(C)c1cccc2ccccc12. The van der Waals surface area contributed by atoms with Crippen molar-refractivity contribution in [2.24, 2.45) is 0 Å². The van der Waals surface area contributed by atoms with E-state index in [0.717, 1.165) is 0 Å². The van der Waals surface area contributed by atoms with Gasteiger partial charge in [0, 0.05) is 42.2 Å². The third kappa shape index (κ3) is 7.77. The molecular weight excluding hydrogens is 496 g/mol. The molecule has 0 bridgehead atoms. The molecular formula is C39H44N2. The molecule has 0 aliphatic heterocycles. The lowest BCUT2D eigenvalue weighted by atomic mass is 10.1. The number of rotatable bonds is 4. The van der Waals surface area contributed by atoms with Gasteiger partial charge in [0.05, 0.1) is 0 Å².